The SMILES string of the molecule is O=C(C1Cc2ccccc2O1)N1CCSc2ccccc21. The van der Waals surface area contributed by atoms with E-state index in [1.165, 1.54) is 4.90 Å². The van der Waals surface area contributed by atoms with Crippen molar-refractivity contribution >= 4 is 23.4 Å². The Hall–Kier alpha value is -1.94. The largest absolute Gasteiger partial charge is 0.480 e. The zero-order chi connectivity index (χ0) is 14.2. The minimum absolute atomic E-state index is 0.0685. The summed E-state index contributed by atoms with van der Waals surface area (Å²) in [6.45, 7) is 0.747. The Morgan fingerprint density at radius 2 is 1.95 bits per heavy atom. The van der Waals surface area contributed by atoms with Crippen molar-refractivity contribution in [2.75, 3.05) is 17.2 Å². The lowest BCUT2D eigenvalue weighted by Gasteiger charge is -2.30. The van der Waals surface area contributed by atoms with Crippen LogP contribution in [0.5, 0.6) is 5.75 Å². The molecular weight excluding hydrogens is 282 g/mol. The normalized spacial score (nSPS) is 19.6. The number of fused-ring (bicyclic) bond motifs is 2. The lowest BCUT2D eigenvalue weighted by atomic mass is 10.1. The Labute approximate surface area is 127 Å². The van der Waals surface area contributed by atoms with E-state index in [4.69, 9.17) is 4.74 Å². The molecule has 0 radical (unpaired) electrons. The highest BCUT2D eigenvalue weighted by Gasteiger charge is 2.34. The Morgan fingerprint density at radius 1 is 1.14 bits per heavy atom. The second kappa shape index (κ2) is 5.11. The maximum Gasteiger partial charge on any atom is 0.268 e. The molecule has 0 saturated carbocycles. The summed E-state index contributed by atoms with van der Waals surface area (Å²) < 4.78 is 5.84. The molecule has 2 aromatic rings. The lowest BCUT2D eigenvalue weighted by molar-refractivity contribution is -0.124. The first-order valence-electron chi connectivity index (χ1n) is 7.11. The highest BCUT2D eigenvalue weighted by Crippen LogP contribution is 2.36. The number of thioether (sulfide) groups is 1. The second-order valence-corrected chi connectivity index (χ2v) is 6.36. The van der Waals surface area contributed by atoms with Crippen LogP contribution in [0, 0.1) is 0 Å². The molecule has 0 N–H and O–H groups in total. The van der Waals surface area contributed by atoms with Gasteiger partial charge in [0.2, 0.25) is 0 Å². The summed E-state index contributed by atoms with van der Waals surface area (Å²) in [5, 5.41) is 0. The molecule has 2 aliphatic heterocycles. The van der Waals surface area contributed by atoms with Crippen molar-refractivity contribution in [3.05, 3.63) is 54.1 Å². The number of rotatable bonds is 1. The van der Waals surface area contributed by atoms with Crippen LogP contribution in [0.2, 0.25) is 0 Å². The van der Waals surface area contributed by atoms with Crippen LogP contribution in [-0.4, -0.2) is 24.3 Å². The van der Waals surface area contributed by atoms with Crippen molar-refractivity contribution in [3.63, 3.8) is 0 Å². The van der Waals surface area contributed by atoms with Crippen molar-refractivity contribution in [1.29, 1.82) is 0 Å². The van der Waals surface area contributed by atoms with E-state index in [0.717, 1.165) is 29.3 Å². The van der Waals surface area contributed by atoms with Gasteiger partial charge in [0.1, 0.15) is 5.75 Å². The molecule has 1 unspecified atom stereocenters. The van der Waals surface area contributed by atoms with Gasteiger partial charge in [0.25, 0.3) is 5.91 Å². The van der Waals surface area contributed by atoms with Crippen LogP contribution >= 0.6 is 11.8 Å². The van der Waals surface area contributed by atoms with Crippen molar-refractivity contribution in [1.82, 2.24) is 0 Å². The van der Waals surface area contributed by atoms with Crippen LogP contribution in [0.25, 0.3) is 0 Å². The van der Waals surface area contributed by atoms with Crippen molar-refractivity contribution < 1.29 is 9.53 Å². The topological polar surface area (TPSA) is 29.5 Å². The standard InChI is InChI=1S/C17H15NO2S/c19-17(15-11-12-5-1-3-7-14(12)20-15)18-9-10-21-16-8-4-2-6-13(16)18/h1-8,15H,9-11H2. The number of ether oxygens (including phenoxy) is 1. The Bertz CT molecular complexity index is 676. The summed E-state index contributed by atoms with van der Waals surface area (Å²) in [7, 11) is 0. The predicted octanol–water partition coefficient (Wildman–Crippen LogP) is 3.13. The summed E-state index contributed by atoms with van der Waals surface area (Å²) in [6, 6.07) is 16.0. The van der Waals surface area contributed by atoms with Gasteiger partial charge in [-0.2, -0.15) is 0 Å². The predicted molar refractivity (Wildman–Crippen MR) is 84.1 cm³/mol. The first-order valence-corrected chi connectivity index (χ1v) is 8.09. The van der Waals surface area contributed by atoms with Gasteiger partial charge in [-0.05, 0) is 23.8 Å². The van der Waals surface area contributed by atoms with Crippen LogP contribution in [0.15, 0.2) is 53.4 Å². The highest BCUT2D eigenvalue weighted by atomic mass is 32.2. The second-order valence-electron chi connectivity index (χ2n) is 5.22. The van der Waals surface area contributed by atoms with Gasteiger partial charge in [0.05, 0.1) is 5.69 Å². The van der Waals surface area contributed by atoms with E-state index in [2.05, 4.69) is 6.07 Å². The number of carbonyl (C=O) groups excluding carboxylic acids is 1. The third kappa shape index (κ3) is 2.20. The zero-order valence-electron chi connectivity index (χ0n) is 11.5. The average Bonchev–Trinajstić information content (AvgIpc) is 2.97. The summed E-state index contributed by atoms with van der Waals surface area (Å²) in [5.41, 5.74) is 2.13. The minimum Gasteiger partial charge on any atom is -0.480 e. The van der Waals surface area contributed by atoms with E-state index in [-0.39, 0.29) is 5.91 Å². The molecule has 2 aromatic carbocycles. The maximum atomic E-state index is 12.8. The fraction of sp³-hybridized carbons (Fsp3) is 0.235. The number of amides is 1. The number of para-hydroxylation sites is 2. The van der Waals surface area contributed by atoms with E-state index < -0.39 is 6.10 Å². The summed E-state index contributed by atoms with van der Waals surface area (Å²) in [4.78, 5) is 15.9. The van der Waals surface area contributed by atoms with Crippen molar-refractivity contribution in [2.24, 2.45) is 0 Å². The number of carbonyl (C=O) groups is 1. The van der Waals surface area contributed by atoms with Gasteiger partial charge in [-0.25, -0.2) is 0 Å². The van der Waals surface area contributed by atoms with E-state index >= 15 is 0 Å². The van der Waals surface area contributed by atoms with E-state index in [9.17, 15) is 4.79 Å². The molecule has 0 aromatic heterocycles. The molecule has 4 heteroatoms. The quantitative estimate of drug-likeness (QED) is 0.810. The molecule has 1 amide bonds. The summed E-state index contributed by atoms with van der Waals surface area (Å²) >= 11 is 1.81. The van der Waals surface area contributed by atoms with Crippen molar-refractivity contribution in [3.8, 4) is 5.75 Å². The van der Waals surface area contributed by atoms with Crippen molar-refractivity contribution in [2.45, 2.75) is 17.4 Å². The molecule has 2 heterocycles. The number of benzene rings is 2. The number of nitrogens with zero attached hydrogens (tertiary/aromatic N) is 1. The fourth-order valence-electron chi connectivity index (χ4n) is 2.89. The fourth-order valence-corrected chi connectivity index (χ4v) is 3.89. The minimum atomic E-state index is -0.390. The third-order valence-electron chi connectivity index (χ3n) is 3.92. The average molecular weight is 297 g/mol. The van der Waals surface area contributed by atoms with E-state index in [0.29, 0.717) is 6.42 Å². The van der Waals surface area contributed by atoms with Crippen LogP contribution in [0.4, 0.5) is 5.69 Å². The zero-order valence-corrected chi connectivity index (χ0v) is 12.3. The molecule has 4 rings (SSSR count). The van der Waals surface area contributed by atoms with Gasteiger partial charge < -0.3 is 9.64 Å². The van der Waals surface area contributed by atoms with Crippen LogP contribution in [0.3, 0.4) is 0 Å². The first kappa shape index (κ1) is 12.8. The molecule has 1 atom stereocenters. The van der Waals surface area contributed by atoms with Crippen LogP contribution in [-0.2, 0) is 11.2 Å². The molecule has 2 aliphatic rings. The molecule has 0 saturated heterocycles. The number of hydrogen-bond donors (Lipinski definition) is 0. The van der Waals surface area contributed by atoms with E-state index in [1.807, 2.05) is 47.4 Å². The molecule has 0 aliphatic carbocycles. The highest BCUT2D eigenvalue weighted by molar-refractivity contribution is 7.99. The third-order valence-corrected chi connectivity index (χ3v) is 4.96. The van der Waals surface area contributed by atoms with Gasteiger partial charge in [-0.15, -0.1) is 11.8 Å². The molecule has 0 fully saturated rings. The van der Waals surface area contributed by atoms with Crippen LogP contribution in [0.1, 0.15) is 5.56 Å². The molecule has 106 valence electrons. The van der Waals surface area contributed by atoms with Crippen LogP contribution < -0.4 is 9.64 Å². The van der Waals surface area contributed by atoms with Gasteiger partial charge in [-0.3, -0.25) is 4.79 Å². The molecular formula is C17H15NO2S. The molecule has 3 nitrogen and oxygen atoms in total. The first-order chi connectivity index (χ1) is 10.3. The smallest absolute Gasteiger partial charge is 0.268 e. The Balaban J connectivity index is 1.60. The van der Waals surface area contributed by atoms with Gasteiger partial charge in [0, 0.05) is 23.6 Å². The Morgan fingerprint density at radius 3 is 2.86 bits per heavy atom. The molecule has 0 spiro atoms. The number of anilines is 1. The number of hydrogen-bond acceptors (Lipinski definition) is 3. The lowest BCUT2D eigenvalue weighted by Crippen LogP contribution is -2.44. The molecule has 0 bridgehead atoms. The van der Waals surface area contributed by atoms with Gasteiger partial charge in [-0.1, -0.05) is 30.3 Å². The van der Waals surface area contributed by atoms with Gasteiger partial charge in [0.15, 0.2) is 6.10 Å². The summed E-state index contributed by atoms with van der Waals surface area (Å²) in [5.74, 6) is 1.84. The van der Waals surface area contributed by atoms with E-state index in [1.54, 1.807) is 11.8 Å². The Kier molecular flexibility index (Phi) is 3.11. The molecule has 21 heavy (non-hydrogen) atoms. The monoisotopic (exact) mass is 297 g/mol. The van der Waals surface area contributed by atoms with Gasteiger partial charge >= 0.3 is 0 Å². The maximum absolute atomic E-state index is 12.8. The summed E-state index contributed by atoms with van der Waals surface area (Å²) in [6.07, 6.45) is 0.277.